The van der Waals surface area contributed by atoms with Gasteiger partial charge in [-0.2, -0.15) is 0 Å². The van der Waals surface area contributed by atoms with Crippen molar-refractivity contribution in [1.82, 2.24) is 30.0 Å². The monoisotopic (exact) mass is 448 g/mol. The molecule has 0 saturated carbocycles. The topological polar surface area (TPSA) is 126 Å². The fourth-order valence-electron chi connectivity index (χ4n) is 3.11. The highest BCUT2D eigenvalue weighted by Crippen LogP contribution is 2.23. The summed E-state index contributed by atoms with van der Waals surface area (Å²) in [6, 6.07) is 20.4. The highest BCUT2D eigenvalue weighted by Gasteiger charge is 2.17. The van der Waals surface area contributed by atoms with Crippen LogP contribution in [0.15, 0.2) is 81.5 Å². The first-order valence-electron chi connectivity index (χ1n) is 9.84. The van der Waals surface area contributed by atoms with Crippen LogP contribution in [0, 0.1) is 0 Å². The molecule has 1 amide bonds. The van der Waals surface area contributed by atoms with Gasteiger partial charge in [0.05, 0.1) is 5.75 Å². The van der Waals surface area contributed by atoms with Crippen molar-refractivity contribution in [3.8, 4) is 5.69 Å². The van der Waals surface area contributed by atoms with Crippen molar-refractivity contribution in [3.63, 3.8) is 0 Å². The predicted molar refractivity (Wildman–Crippen MR) is 121 cm³/mol. The molecule has 0 aliphatic rings. The molecule has 3 N–H and O–H groups in total. The van der Waals surface area contributed by atoms with Gasteiger partial charge in [-0.15, -0.1) is 10.2 Å². The zero-order valence-electron chi connectivity index (χ0n) is 16.9. The zero-order chi connectivity index (χ0) is 22.3. The minimum atomic E-state index is -0.581. The number of para-hydroxylation sites is 1. The van der Waals surface area contributed by atoms with E-state index in [0.29, 0.717) is 23.2 Å². The number of nitrogens with zero attached hydrogens (tertiary/aromatic N) is 3. The fraction of sp³-hybridized carbons (Fsp3) is 0.136. The Bertz CT molecular complexity index is 1290. The van der Waals surface area contributed by atoms with Gasteiger partial charge in [0.1, 0.15) is 5.82 Å². The Labute approximate surface area is 186 Å². The van der Waals surface area contributed by atoms with E-state index in [2.05, 4.69) is 25.5 Å². The van der Waals surface area contributed by atoms with Gasteiger partial charge in [0, 0.05) is 30.4 Å². The second-order valence-corrected chi connectivity index (χ2v) is 7.85. The highest BCUT2D eigenvalue weighted by atomic mass is 32.2. The van der Waals surface area contributed by atoms with Crippen LogP contribution >= 0.6 is 11.8 Å². The van der Waals surface area contributed by atoms with Gasteiger partial charge in [0.2, 0.25) is 5.91 Å². The minimum Gasteiger partial charge on any atom is -0.351 e. The Hall–Kier alpha value is -3.92. The lowest BCUT2D eigenvalue weighted by Crippen LogP contribution is -2.24. The number of carbonyl (C=O) groups excluding carboxylic acids is 1. The third-order valence-electron chi connectivity index (χ3n) is 4.54. The molecule has 0 saturated heterocycles. The fourth-order valence-corrected chi connectivity index (χ4v) is 3.91. The van der Waals surface area contributed by atoms with Crippen LogP contribution in [0.1, 0.15) is 17.1 Å². The third-order valence-corrected chi connectivity index (χ3v) is 5.47. The van der Waals surface area contributed by atoms with Crippen molar-refractivity contribution in [2.45, 2.75) is 18.1 Å². The summed E-state index contributed by atoms with van der Waals surface area (Å²) in [7, 11) is 0. The number of H-pyrrole nitrogens is 2. The van der Waals surface area contributed by atoms with Gasteiger partial charge >= 0.3 is 5.69 Å². The smallest absolute Gasteiger partial charge is 0.325 e. The molecule has 0 bridgehead atoms. The number of amides is 1. The van der Waals surface area contributed by atoms with E-state index in [1.807, 2.05) is 65.2 Å². The second-order valence-electron chi connectivity index (χ2n) is 6.91. The Balaban J connectivity index is 1.52. The largest absolute Gasteiger partial charge is 0.351 e. The summed E-state index contributed by atoms with van der Waals surface area (Å²) in [6.45, 7) is 0.451. The molecule has 2 aromatic carbocycles. The standard InChI is InChI=1S/C22H20N6O3S/c29-19-12-16(24-21(31)25-19)11-18-26-27-22(28(18)17-9-5-2-6-10-17)32-14-20(30)23-13-15-7-3-1-4-8-15/h1-10,12H,11,13-14H2,(H,23,30)(H2,24,25,29,31). The van der Waals surface area contributed by atoms with Crippen LogP contribution < -0.4 is 16.6 Å². The van der Waals surface area contributed by atoms with Crippen molar-refractivity contribution in [2.75, 3.05) is 5.75 Å². The second kappa shape index (κ2) is 9.92. The summed E-state index contributed by atoms with van der Waals surface area (Å²) in [6.07, 6.45) is 0.196. The van der Waals surface area contributed by atoms with Gasteiger partial charge in [0.15, 0.2) is 5.16 Å². The highest BCUT2D eigenvalue weighted by molar-refractivity contribution is 7.99. The van der Waals surface area contributed by atoms with E-state index in [4.69, 9.17) is 0 Å². The molecular weight excluding hydrogens is 428 g/mol. The maximum absolute atomic E-state index is 12.3. The number of carbonyl (C=O) groups is 1. The van der Waals surface area contributed by atoms with Gasteiger partial charge in [-0.1, -0.05) is 60.3 Å². The molecule has 32 heavy (non-hydrogen) atoms. The Morgan fingerprint density at radius 2 is 1.69 bits per heavy atom. The molecule has 0 atom stereocenters. The Morgan fingerprint density at radius 3 is 2.41 bits per heavy atom. The minimum absolute atomic E-state index is 0.123. The SMILES string of the molecule is O=C(CSc1nnc(Cc2cc(=O)[nH]c(=O)[nH]2)n1-c1ccccc1)NCc1ccccc1. The molecule has 2 heterocycles. The van der Waals surface area contributed by atoms with Crippen LogP contribution in [0.4, 0.5) is 0 Å². The number of benzene rings is 2. The predicted octanol–water partition coefficient (Wildman–Crippen LogP) is 1.64. The van der Waals surface area contributed by atoms with Crippen molar-refractivity contribution >= 4 is 17.7 Å². The average Bonchev–Trinajstić information content (AvgIpc) is 3.19. The Kier molecular flexibility index (Phi) is 6.61. The molecule has 4 rings (SSSR count). The summed E-state index contributed by atoms with van der Waals surface area (Å²) in [5.41, 5.74) is 1.18. The number of hydrogen-bond acceptors (Lipinski definition) is 6. The van der Waals surface area contributed by atoms with E-state index in [0.717, 1.165) is 11.3 Å². The number of rotatable bonds is 8. The van der Waals surface area contributed by atoms with E-state index in [1.165, 1.54) is 17.8 Å². The summed E-state index contributed by atoms with van der Waals surface area (Å²) in [4.78, 5) is 40.3. The molecule has 0 fully saturated rings. The number of hydrogen-bond donors (Lipinski definition) is 3. The molecule has 0 radical (unpaired) electrons. The molecule has 9 nitrogen and oxygen atoms in total. The summed E-state index contributed by atoms with van der Waals surface area (Å²) >= 11 is 1.26. The molecule has 4 aromatic rings. The molecule has 10 heteroatoms. The quantitative estimate of drug-likeness (QED) is 0.352. The van der Waals surface area contributed by atoms with E-state index in [9.17, 15) is 14.4 Å². The van der Waals surface area contributed by atoms with E-state index >= 15 is 0 Å². The lowest BCUT2D eigenvalue weighted by Gasteiger charge is -2.10. The molecule has 0 aliphatic carbocycles. The third kappa shape index (κ3) is 5.41. The first kappa shape index (κ1) is 21.3. The normalized spacial score (nSPS) is 10.8. The van der Waals surface area contributed by atoms with Crippen molar-refractivity contribution in [2.24, 2.45) is 0 Å². The molecule has 162 valence electrons. The first-order chi connectivity index (χ1) is 15.6. The van der Waals surface area contributed by atoms with Crippen molar-refractivity contribution in [1.29, 1.82) is 0 Å². The molecular formula is C22H20N6O3S. The van der Waals surface area contributed by atoms with Crippen LogP contribution in [0.5, 0.6) is 0 Å². The van der Waals surface area contributed by atoms with Gasteiger partial charge in [-0.05, 0) is 17.7 Å². The van der Waals surface area contributed by atoms with Gasteiger partial charge in [0.25, 0.3) is 5.56 Å². The zero-order valence-corrected chi connectivity index (χ0v) is 17.8. The maximum atomic E-state index is 12.3. The van der Waals surface area contributed by atoms with E-state index in [1.54, 1.807) is 0 Å². The van der Waals surface area contributed by atoms with Crippen molar-refractivity contribution in [3.05, 3.63) is 105 Å². The summed E-state index contributed by atoms with van der Waals surface area (Å²) in [5, 5.41) is 11.9. The van der Waals surface area contributed by atoms with Gasteiger partial charge < -0.3 is 10.3 Å². The molecule has 0 spiro atoms. The van der Waals surface area contributed by atoms with Crippen LogP contribution in [-0.4, -0.2) is 36.4 Å². The lowest BCUT2D eigenvalue weighted by atomic mass is 10.2. The average molecular weight is 449 g/mol. The number of nitrogens with one attached hydrogen (secondary N) is 3. The van der Waals surface area contributed by atoms with Gasteiger partial charge in [-0.3, -0.25) is 19.1 Å². The summed E-state index contributed by atoms with van der Waals surface area (Å²) in [5.74, 6) is 0.575. The molecule has 0 unspecified atom stereocenters. The van der Waals surface area contributed by atoms with Gasteiger partial charge in [-0.25, -0.2) is 4.79 Å². The van der Waals surface area contributed by atoms with Crippen LogP contribution in [0.25, 0.3) is 5.69 Å². The van der Waals surface area contributed by atoms with Crippen LogP contribution in [0.3, 0.4) is 0 Å². The van der Waals surface area contributed by atoms with E-state index < -0.39 is 11.2 Å². The van der Waals surface area contributed by atoms with Crippen LogP contribution in [-0.2, 0) is 17.8 Å². The Morgan fingerprint density at radius 1 is 0.969 bits per heavy atom. The lowest BCUT2D eigenvalue weighted by molar-refractivity contribution is -0.118. The van der Waals surface area contributed by atoms with Crippen molar-refractivity contribution < 1.29 is 4.79 Å². The van der Waals surface area contributed by atoms with Crippen LogP contribution in [0.2, 0.25) is 0 Å². The number of aromatic nitrogens is 5. The van der Waals surface area contributed by atoms with E-state index in [-0.39, 0.29) is 18.1 Å². The first-order valence-corrected chi connectivity index (χ1v) is 10.8. The maximum Gasteiger partial charge on any atom is 0.325 e. The molecule has 0 aliphatic heterocycles. The summed E-state index contributed by atoms with van der Waals surface area (Å²) < 4.78 is 1.81. The number of aromatic amines is 2. The number of thioether (sulfide) groups is 1. The molecule has 2 aromatic heterocycles.